The number of rotatable bonds is 8. The predicted molar refractivity (Wildman–Crippen MR) is 167 cm³/mol. The third-order valence-electron chi connectivity index (χ3n) is 8.08. The van der Waals surface area contributed by atoms with E-state index in [4.69, 9.17) is 9.47 Å². The second kappa shape index (κ2) is 11.9. The zero-order valence-corrected chi connectivity index (χ0v) is 25.4. The van der Waals surface area contributed by atoms with Crippen molar-refractivity contribution in [3.8, 4) is 22.6 Å². The number of fused-ring (bicyclic) bond motifs is 2. The fraction of sp³-hybridized carbons (Fsp3) is 0.206. The summed E-state index contributed by atoms with van der Waals surface area (Å²) in [6, 6.07) is 16.6. The third-order valence-corrected chi connectivity index (χ3v) is 8.08. The number of hydrogen-bond acceptors (Lipinski definition) is 7. The number of alkyl halides is 3. The summed E-state index contributed by atoms with van der Waals surface area (Å²) in [5.74, 6) is 0.891. The molecule has 0 radical (unpaired) electrons. The average molecular weight is 640 g/mol. The molecular formula is C34H28F3N7O3. The molecule has 1 amide bonds. The molecule has 0 saturated heterocycles. The van der Waals surface area contributed by atoms with Crippen LogP contribution in [0.5, 0.6) is 11.5 Å². The molecule has 0 unspecified atom stereocenters. The summed E-state index contributed by atoms with van der Waals surface area (Å²) < 4.78 is 57.0. The molecule has 47 heavy (non-hydrogen) atoms. The van der Waals surface area contributed by atoms with Crippen LogP contribution < -0.4 is 14.4 Å². The highest BCUT2D eigenvalue weighted by atomic mass is 19.4. The Morgan fingerprint density at radius 1 is 0.957 bits per heavy atom. The maximum absolute atomic E-state index is 14.4. The van der Waals surface area contributed by atoms with Crippen LogP contribution >= 0.6 is 0 Å². The van der Waals surface area contributed by atoms with E-state index in [1.807, 2.05) is 30.3 Å². The van der Waals surface area contributed by atoms with Crippen molar-refractivity contribution in [1.29, 1.82) is 0 Å². The normalized spacial score (nSPS) is 13.2. The van der Waals surface area contributed by atoms with Gasteiger partial charge in [0.15, 0.2) is 17.2 Å². The standard InChI is InChI=1S/C34H28F3N7O3/c1-42-17-27(31(41-42)34(35,36)37)24-12-22(16-43-11-9-38-20-43)13-25-23(24)8-10-44(33(25)45)32-26-14-30(47-18-21-6-4-3-5-7-21)29(46-2)15-28(26)39-19-40-32/h3-7,9,11-15,17,19-20H,8,10,16,18H2,1-2H3. The van der Waals surface area contributed by atoms with Crippen molar-refractivity contribution in [2.24, 2.45) is 7.05 Å². The van der Waals surface area contributed by atoms with Crippen LogP contribution in [0.15, 0.2) is 85.8 Å². The van der Waals surface area contributed by atoms with Crippen LogP contribution in [0, 0.1) is 0 Å². The van der Waals surface area contributed by atoms with Crippen LogP contribution in [0.3, 0.4) is 0 Å². The lowest BCUT2D eigenvalue weighted by Gasteiger charge is -2.30. The van der Waals surface area contributed by atoms with Gasteiger partial charge in [-0.1, -0.05) is 30.3 Å². The Morgan fingerprint density at radius 2 is 1.77 bits per heavy atom. The van der Waals surface area contributed by atoms with E-state index in [0.717, 1.165) is 10.2 Å². The number of carbonyl (C=O) groups is 1. The molecule has 1 aliphatic heterocycles. The monoisotopic (exact) mass is 639 g/mol. The Bertz CT molecular complexity index is 2090. The number of nitrogens with zero attached hydrogens (tertiary/aromatic N) is 7. The lowest BCUT2D eigenvalue weighted by Crippen LogP contribution is -2.38. The molecule has 0 aliphatic carbocycles. The highest BCUT2D eigenvalue weighted by Gasteiger charge is 2.39. The number of aromatic nitrogens is 6. The van der Waals surface area contributed by atoms with Crippen LogP contribution in [-0.4, -0.2) is 48.9 Å². The third kappa shape index (κ3) is 5.75. The van der Waals surface area contributed by atoms with Gasteiger partial charge in [-0.15, -0.1) is 0 Å². The smallest absolute Gasteiger partial charge is 0.435 e. The van der Waals surface area contributed by atoms with Crippen LogP contribution in [0.1, 0.15) is 32.7 Å². The molecule has 3 aromatic heterocycles. The van der Waals surface area contributed by atoms with Gasteiger partial charge >= 0.3 is 6.18 Å². The van der Waals surface area contributed by atoms with E-state index in [2.05, 4.69) is 20.1 Å². The van der Waals surface area contributed by atoms with Crippen molar-refractivity contribution in [3.63, 3.8) is 0 Å². The van der Waals surface area contributed by atoms with Crippen molar-refractivity contribution >= 4 is 22.6 Å². The summed E-state index contributed by atoms with van der Waals surface area (Å²) in [4.78, 5) is 28.9. The molecule has 7 rings (SSSR count). The first-order chi connectivity index (χ1) is 22.7. The van der Waals surface area contributed by atoms with Gasteiger partial charge in [0.05, 0.1) is 19.0 Å². The van der Waals surface area contributed by atoms with Crippen molar-refractivity contribution in [3.05, 3.63) is 114 Å². The predicted octanol–water partition coefficient (Wildman–Crippen LogP) is 6.08. The molecule has 0 spiro atoms. The molecule has 13 heteroatoms. The van der Waals surface area contributed by atoms with E-state index in [1.165, 1.54) is 26.7 Å². The second-order valence-corrected chi connectivity index (χ2v) is 11.2. The molecular weight excluding hydrogens is 611 g/mol. The summed E-state index contributed by atoms with van der Waals surface area (Å²) in [5.41, 5.74) is 2.19. The molecule has 0 bridgehead atoms. The zero-order valence-electron chi connectivity index (χ0n) is 25.4. The van der Waals surface area contributed by atoms with Gasteiger partial charge in [-0.2, -0.15) is 18.3 Å². The molecule has 3 aromatic carbocycles. The van der Waals surface area contributed by atoms with Gasteiger partial charge in [-0.05, 0) is 46.9 Å². The van der Waals surface area contributed by atoms with E-state index < -0.39 is 11.9 Å². The molecule has 4 heterocycles. The maximum Gasteiger partial charge on any atom is 0.435 e. The average Bonchev–Trinajstić information content (AvgIpc) is 3.73. The van der Waals surface area contributed by atoms with Gasteiger partial charge in [-0.3, -0.25) is 14.4 Å². The van der Waals surface area contributed by atoms with Gasteiger partial charge in [0.1, 0.15) is 18.8 Å². The minimum Gasteiger partial charge on any atom is -0.493 e. The fourth-order valence-corrected chi connectivity index (χ4v) is 5.96. The number of carbonyl (C=O) groups excluding carboxylic acids is 1. The largest absolute Gasteiger partial charge is 0.493 e. The van der Waals surface area contributed by atoms with E-state index in [-0.39, 0.29) is 24.4 Å². The quantitative estimate of drug-likeness (QED) is 0.199. The Kier molecular flexibility index (Phi) is 7.58. The zero-order chi connectivity index (χ0) is 32.7. The molecule has 0 N–H and O–H groups in total. The van der Waals surface area contributed by atoms with Crippen molar-refractivity contribution in [2.45, 2.75) is 25.7 Å². The van der Waals surface area contributed by atoms with Crippen molar-refractivity contribution in [2.75, 3.05) is 18.6 Å². The summed E-state index contributed by atoms with van der Waals surface area (Å²) in [6.45, 7) is 0.770. The number of methoxy groups -OCH3 is 1. The number of aryl methyl sites for hydroxylation is 1. The Labute approximate surface area is 267 Å². The van der Waals surface area contributed by atoms with E-state index in [0.29, 0.717) is 63.6 Å². The number of amides is 1. The summed E-state index contributed by atoms with van der Waals surface area (Å²) in [7, 11) is 2.98. The molecule has 1 aliphatic rings. The van der Waals surface area contributed by atoms with Crippen LogP contribution in [-0.2, 0) is 32.8 Å². The Hall–Kier alpha value is -5.72. The van der Waals surface area contributed by atoms with E-state index in [9.17, 15) is 18.0 Å². The van der Waals surface area contributed by atoms with Gasteiger partial charge < -0.3 is 14.0 Å². The van der Waals surface area contributed by atoms with Gasteiger partial charge in [0.2, 0.25) is 0 Å². The minimum absolute atomic E-state index is 0.0789. The summed E-state index contributed by atoms with van der Waals surface area (Å²) >= 11 is 0. The van der Waals surface area contributed by atoms with E-state index in [1.54, 1.807) is 52.5 Å². The Balaban J connectivity index is 1.32. The molecule has 238 valence electrons. The van der Waals surface area contributed by atoms with Crippen molar-refractivity contribution < 1.29 is 27.4 Å². The summed E-state index contributed by atoms with van der Waals surface area (Å²) in [5, 5.41) is 4.29. The SMILES string of the molecule is COc1cc2ncnc(N3CCc4c(cc(Cn5ccnc5)cc4-c4cn(C)nc4C(F)(F)F)C3=O)c2cc1OCc1ccccc1. The lowest BCUT2D eigenvalue weighted by molar-refractivity contribution is -0.140. The molecule has 0 saturated carbocycles. The van der Waals surface area contributed by atoms with Crippen LogP contribution in [0.2, 0.25) is 0 Å². The van der Waals surface area contributed by atoms with Crippen molar-refractivity contribution in [1.82, 2.24) is 29.3 Å². The first kappa shape index (κ1) is 30.0. The van der Waals surface area contributed by atoms with Gasteiger partial charge in [0.25, 0.3) is 5.91 Å². The molecule has 10 nitrogen and oxygen atoms in total. The number of imidazole rings is 1. The van der Waals surface area contributed by atoms with Gasteiger partial charge in [0, 0.05) is 61.3 Å². The van der Waals surface area contributed by atoms with Crippen LogP contribution in [0.25, 0.3) is 22.0 Å². The number of halogens is 3. The van der Waals surface area contributed by atoms with Crippen LogP contribution in [0.4, 0.5) is 19.0 Å². The van der Waals surface area contributed by atoms with Gasteiger partial charge in [-0.25, -0.2) is 15.0 Å². The first-order valence-corrected chi connectivity index (χ1v) is 14.7. The second-order valence-electron chi connectivity index (χ2n) is 11.2. The highest BCUT2D eigenvalue weighted by Crippen LogP contribution is 2.41. The Morgan fingerprint density at radius 3 is 2.51 bits per heavy atom. The summed E-state index contributed by atoms with van der Waals surface area (Å²) in [6.07, 6.45) is 3.29. The number of ether oxygens (including phenoxy) is 2. The lowest BCUT2D eigenvalue weighted by atomic mass is 9.88. The topological polar surface area (TPSA) is 100 Å². The number of benzene rings is 3. The number of hydrogen-bond donors (Lipinski definition) is 0. The fourth-order valence-electron chi connectivity index (χ4n) is 5.96. The minimum atomic E-state index is -4.68. The van der Waals surface area contributed by atoms with E-state index >= 15 is 0 Å². The molecule has 6 aromatic rings. The highest BCUT2D eigenvalue weighted by molar-refractivity contribution is 6.12. The number of anilines is 1. The molecule has 0 atom stereocenters. The maximum atomic E-state index is 14.4. The molecule has 0 fully saturated rings. The first-order valence-electron chi connectivity index (χ1n) is 14.7.